The van der Waals surface area contributed by atoms with Crippen molar-refractivity contribution in [3.63, 3.8) is 0 Å². The fourth-order valence-corrected chi connectivity index (χ4v) is 4.01. The molecule has 182 valence electrons. The Morgan fingerprint density at radius 3 is 2.51 bits per heavy atom. The standard InChI is InChI=1S/C29H34N4O2/c1-21(19-33-25-8-10-26(11-9-25)35-27-13-15-32-16-14-27)17-24-18-23(29(30)31)7-12-28(24)34-20-22-5-3-2-4-6-22/h2-12,17-18,27,32-33H,13-16,19-20H2,1H3,(H3,30,31)/b21-17+. The number of anilines is 1. The van der Waals surface area contributed by atoms with Gasteiger partial charge in [0.15, 0.2) is 0 Å². The number of ether oxygens (including phenoxy) is 2. The molecule has 0 aromatic heterocycles. The van der Waals surface area contributed by atoms with Gasteiger partial charge in [0.2, 0.25) is 0 Å². The van der Waals surface area contributed by atoms with E-state index in [1.807, 2.05) is 60.7 Å². The van der Waals surface area contributed by atoms with Crippen LogP contribution in [0.4, 0.5) is 5.69 Å². The zero-order valence-electron chi connectivity index (χ0n) is 20.2. The third kappa shape index (κ3) is 7.36. The highest BCUT2D eigenvalue weighted by Crippen LogP contribution is 2.25. The van der Waals surface area contributed by atoms with Gasteiger partial charge in [0, 0.05) is 23.4 Å². The van der Waals surface area contributed by atoms with Crippen molar-refractivity contribution in [1.82, 2.24) is 5.32 Å². The lowest BCUT2D eigenvalue weighted by Crippen LogP contribution is -2.34. The number of amidine groups is 1. The number of nitrogens with two attached hydrogens (primary N) is 1. The fraction of sp³-hybridized carbons (Fsp3) is 0.276. The van der Waals surface area contributed by atoms with E-state index in [-0.39, 0.29) is 5.84 Å². The topological polar surface area (TPSA) is 92.4 Å². The number of benzene rings is 3. The van der Waals surface area contributed by atoms with Crippen LogP contribution in [0, 0.1) is 5.41 Å². The smallest absolute Gasteiger partial charge is 0.127 e. The van der Waals surface area contributed by atoms with Crippen LogP contribution in [0.5, 0.6) is 11.5 Å². The van der Waals surface area contributed by atoms with E-state index in [0.29, 0.717) is 24.8 Å². The Morgan fingerprint density at radius 2 is 1.80 bits per heavy atom. The van der Waals surface area contributed by atoms with Crippen molar-refractivity contribution < 1.29 is 9.47 Å². The molecule has 4 rings (SSSR count). The Labute approximate surface area is 207 Å². The van der Waals surface area contributed by atoms with Gasteiger partial charge < -0.3 is 25.8 Å². The molecule has 1 saturated heterocycles. The molecular formula is C29H34N4O2. The number of nitrogens with one attached hydrogen (secondary N) is 3. The molecule has 0 spiro atoms. The van der Waals surface area contributed by atoms with Crippen LogP contribution in [0.25, 0.3) is 6.08 Å². The van der Waals surface area contributed by atoms with E-state index in [0.717, 1.165) is 59.8 Å². The molecule has 0 aliphatic carbocycles. The highest BCUT2D eigenvalue weighted by Gasteiger charge is 2.14. The highest BCUT2D eigenvalue weighted by atomic mass is 16.5. The quantitative estimate of drug-likeness (QED) is 0.242. The van der Waals surface area contributed by atoms with Crippen LogP contribution in [-0.2, 0) is 6.61 Å². The summed E-state index contributed by atoms with van der Waals surface area (Å²) in [6.45, 7) is 5.26. The molecule has 1 aliphatic rings. The van der Waals surface area contributed by atoms with Gasteiger partial charge in [0.25, 0.3) is 0 Å². The lowest BCUT2D eigenvalue weighted by molar-refractivity contribution is 0.162. The van der Waals surface area contributed by atoms with Crippen LogP contribution in [0.1, 0.15) is 36.5 Å². The first-order chi connectivity index (χ1) is 17.1. The van der Waals surface area contributed by atoms with Crippen molar-refractivity contribution >= 4 is 17.6 Å². The Balaban J connectivity index is 1.39. The van der Waals surface area contributed by atoms with E-state index in [1.165, 1.54) is 0 Å². The lowest BCUT2D eigenvalue weighted by Gasteiger charge is -2.23. The molecular weight excluding hydrogens is 436 g/mol. The van der Waals surface area contributed by atoms with Gasteiger partial charge in [0.05, 0.1) is 0 Å². The molecule has 3 aromatic rings. The zero-order chi connectivity index (χ0) is 24.5. The molecule has 0 radical (unpaired) electrons. The number of hydrogen-bond donors (Lipinski definition) is 4. The molecule has 5 N–H and O–H groups in total. The van der Waals surface area contributed by atoms with Crippen LogP contribution in [0.3, 0.4) is 0 Å². The Kier molecular flexibility index (Phi) is 8.41. The fourth-order valence-electron chi connectivity index (χ4n) is 4.01. The van der Waals surface area contributed by atoms with Crippen molar-refractivity contribution in [3.8, 4) is 11.5 Å². The van der Waals surface area contributed by atoms with Gasteiger partial charge in [-0.25, -0.2) is 0 Å². The molecule has 1 heterocycles. The van der Waals surface area contributed by atoms with Crippen molar-refractivity contribution in [2.75, 3.05) is 25.0 Å². The van der Waals surface area contributed by atoms with Gasteiger partial charge >= 0.3 is 0 Å². The van der Waals surface area contributed by atoms with Crippen LogP contribution in [0.15, 0.2) is 78.4 Å². The van der Waals surface area contributed by atoms with E-state index in [4.69, 9.17) is 20.6 Å². The predicted molar refractivity (Wildman–Crippen MR) is 143 cm³/mol. The van der Waals surface area contributed by atoms with Gasteiger partial charge in [-0.3, -0.25) is 5.41 Å². The molecule has 0 bridgehead atoms. The van der Waals surface area contributed by atoms with Crippen LogP contribution < -0.4 is 25.8 Å². The summed E-state index contributed by atoms with van der Waals surface area (Å²) in [7, 11) is 0. The molecule has 0 amide bonds. The van der Waals surface area contributed by atoms with E-state index >= 15 is 0 Å². The molecule has 6 nitrogen and oxygen atoms in total. The molecule has 0 atom stereocenters. The maximum Gasteiger partial charge on any atom is 0.127 e. The van der Waals surface area contributed by atoms with E-state index in [9.17, 15) is 0 Å². The summed E-state index contributed by atoms with van der Waals surface area (Å²) >= 11 is 0. The number of piperidine rings is 1. The van der Waals surface area contributed by atoms with E-state index in [2.05, 4.69) is 35.8 Å². The van der Waals surface area contributed by atoms with Crippen molar-refractivity contribution in [2.45, 2.75) is 32.5 Å². The van der Waals surface area contributed by atoms with Gasteiger partial charge in [-0.15, -0.1) is 0 Å². The number of hydrogen-bond acceptors (Lipinski definition) is 5. The summed E-state index contributed by atoms with van der Waals surface area (Å²) in [5.41, 5.74) is 10.6. The summed E-state index contributed by atoms with van der Waals surface area (Å²) in [4.78, 5) is 0. The average molecular weight is 471 g/mol. The first-order valence-electron chi connectivity index (χ1n) is 12.1. The van der Waals surface area contributed by atoms with Gasteiger partial charge in [-0.05, 0) is 80.9 Å². The van der Waals surface area contributed by atoms with E-state index in [1.54, 1.807) is 0 Å². The summed E-state index contributed by atoms with van der Waals surface area (Å²) in [5.74, 6) is 1.71. The largest absolute Gasteiger partial charge is 0.490 e. The minimum absolute atomic E-state index is 0.0387. The lowest BCUT2D eigenvalue weighted by atomic mass is 10.1. The average Bonchev–Trinajstić information content (AvgIpc) is 2.88. The summed E-state index contributed by atoms with van der Waals surface area (Å²) in [5, 5.41) is 14.6. The molecule has 0 saturated carbocycles. The van der Waals surface area contributed by atoms with Crippen molar-refractivity contribution in [3.05, 3.63) is 95.1 Å². The maximum absolute atomic E-state index is 7.80. The van der Waals surface area contributed by atoms with Gasteiger partial charge in [-0.1, -0.05) is 42.0 Å². The minimum Gasteiger partial charge on any atom is -0.490 e. The normalized spacial score (nSPS) is 14.4. The van der Waals surface area contributed by atoms with Crippen molar-refractivity contribution in [1.29, 1.82) is 5.41 Å². The summed E-state index contributed by atoms with van der Waals surface area (Å²) in [6.07, 6.45) is 4.47. The molecule has 6 heteroatoms. The Morgan fingerprint density at radius 1 is 1.06 bits per heavy atom. The van der Waals surface area contributed by atoms with Gasteiger partial charge in [0.1, 0.15) is 30.0 Å². The molecule has 0 unspecified atom stereocenters. The molecule has 1 fully saturated rings. The summed E-state index contributed by atoms with van der Waals surface area (Å²) < 4.78 is 12.2. The third-order valence-electron chi connectivity index (χ3n) is 5.97. The van der Waals surface area contributed by atoms with Crippen LogP contribution >= 0.6 is 0 Å². The van der Waals surface area contributed by atoms with Crippen LogP contribution in [0.2, 0.25) is 0 Å². The SMILES string of the molecule is C/C(=C\c1cc(C(=N)N)ccc1OCc1ccccc1)CNc1ccc(OC2CCNCC2)cc1. The second-order valence-corrected chi connectivity index (χ2v) is 8.88. The molecule has 35 heavy (non-hydrogen) atoms. The molecule has 3 aromatic carbocycles. The summed E-state index contributed by atoms with van der Waals surface area (Å²) in [6, 6.07) is 23.8. The number of nitrogen functional groups attached to an aromatic ring is 1. The predicted octanol–water partition coefficient (Wildman–Crippen LogP) is 5.20. The van der Waals surface area contributed by atoms with E-state index < -0.39 is 0 Å². The monoisotopic (exact) mass is 470 g/mol. The maximum atomic E-state index is 7.80. The molecule has 1 aliphatic heterocycles. The Bertz CT molecular complexity index is 1140. The highest BCUT2D eigenvalue weighted by molar-refractivity contribution is 5.95. The first kappa shape index (κ1) is 24.4. The van der Waals surface area contributed by atoms with Gasteiger partial charge in [-0.2, -0.15) is 0 Å². The second-order valence-electron chi connectivity index (χ2n) is 8.88. The Hall–Kier alpha value is -3.77. The third-order valence-corrected chi connectivity index (χ3v) is 5.97. The minimum atomic E-state index is 0.0387. The zero-order valence-corrected chi connectivity index (χ0v) is 20.2. The van der Waals surface area contributed by atoms with Crippen LogP contribution in [-0.4, -0.2) is 31.6 Å². The number of rotatable bonds is 10. The van der Waals surface area contributed by atoms with Crippen molar-refractivity contribution in [2.24, 2.45) is 5.73 Å². The second kappa shape index (κ2) is 12.1. The first-order valence-corrected chi connectivity index (χ1v) is 12.1.